The fourth-order valence-electron chi connectivity index (χ4n) is 1.21. The van der Waals surface area contributed by atoms with E-state index in [9.17, 15) is 0 Å². The highest BCUT2D eigenvalue weighted by atomic mass is 79.9. The highest BCUT2D eigenvalue weighted by molar-refractivity contribution is 9.11. The number of hydrogen-bond donors (Lipinski definition) is 0. The van der Waals surface area contributed by atoms with Crippen LogP contribution in [0.15, 0.2) is 22.7 Å². The molecule has 0 fully saturated rings. The fourth-order valence-corrected chi connectivity index (χ4v) is 2.08. The van der Waals surface area contributed by atoms with E-state index >= 15 is 0 Å². The van der Waals surface area contributed by atoms with E-state index in [-0.39, 0.29) is 0 Å². The predicted molar refractivity (Wildman–Crippen MR) is 49.1 cm³/mol. The molecular weight excluding hydrogens is 188 g/mol. The molecule has 1 aliphatic carbocycles. The molecule has 1 atom stereocenters. The van der Waals surface area contributed by atoms with E-state index in [0.717, 1.165) is 5.92 Å². The second kappa shape index (κ2) is 3.38. The Balaban J connectivity index is 2.64. The summed E-state index contributed by atoms with van der Waals surface area (Å²) in [6.45, 7) is 4.53. The monoisotopic (exact) mass is 200 g/mol. The molecule has 0 bridgehead atoms. The number of allylic oxidation sites excluding steroid dienone is 4. The molecule has 0 aromatic rings. The quantitative estimate of drug-likeness (QED) is 0.609. The molecule has 0 radical (unpaired) electrons. The van der Waals surface area contributed by atoms with Crippen LogP contribution in [0, 0.1) is 11.8 Å². The Morgan fingerprint density at radius 1 is 1.60 bits per heavy atom. The van der Waals surface area contributed by atoms with Gasteiger partial charge >= 0.3 is 0 Å². The van der Waals surface area contributed by atoms with Gasteiger partial charge in [0, 0.05) is 0 Å². The van der Waals surface area contributed by atoms with Gasteiger partial charge in [-0.05, 0) is 22.7 Å². The van der Waals surface area contributed by atoms with E-state index in [4.69, 9.17) is 0 Å². The highest BCUT2D eigenvalue weighted by Gasteiger charge is 2.15. The van der Waals surface area contributed by atoms with Gasteiger partial charge in [0.2, 0.25) is 0 Å². The molecule has 0 saturated heterocycles. The van der Waals surface area contributed by atoms with Gasteiger partial charge in [0.05, 0.1) is 0 Å². The molecule has 0 amide bonds. The third kappa shape index (κ3) is 1.72. The molecule has 0 saturated carbocycles. The number of hydrogen-bond acceptors (Lipinski definition) is 0. The van der Waals surface area contributed by atoms with Crippen LogP contribution in [-0.4, -0.2) is 0 Å². The summed E-state index contributed by atoms with van der Waals surface area (Å²) in [5, 5.41) is 0. The summed E-state index contributed by atoms with van der Waals surface area (Å²) < 4.78 is 1.35. The molecule has 0 aromatic carbocycles. The van der Waals surface area contributed by atoms with Gasteiger partial charge in [-0.25, -0.2) is 0 Å². The normalized spacial score (nSPS) is 25.2. The lowest BCUT2D eigenvalue weighted by Crippen LogP contribution is -2.09. The zero-order valence-electron chi connectivity index (χ0n) is 6.47. The van der Waals surface area contributed by atoms with Crippen LogP contribution in [0.25, 0.3) is 0 Å². The van der Waals surface area contributed by atoms with Crippen molar-refractivity contribution in [2.75, 3.05) is 0 Å². The SMILES string of the molecule is CC(C)C1CC=CC=C1Br. The summed E-state index contributed by atoms with van der Waals surface area (Å²) in [5.41, 5.74) is 0. The predicted octanol–water partition coefficient (Wildman–Crippen LogP) is 3.50. The van der Waals surface area contributed by atoms with E-state index < -0.39 is 0 Å². The average molecular weight is 201 g/mol. The molecule has 0 nitrogen and oxygen atoms in total. The summed E-state index contributed by atoms with van der Waals surface area (Å²) in [5.74, 6) is 1.46. The average Bonchev–Trinajstić information content (AvgIpc) is 1.88. The largest absolute Gasteiger partial charge is 0.0839 e. The molecule has 1 heteroatoms. The Kier molecular flexibility index (Phi) is 2.72. The third-order valence-electron chi connectivity index (χ3n) is 1.94. The summed E-state index contributed by atoms with van der Waals surface area (Å²) >= 11 is 3.57. The molecular formula is C9H13Br. The second-order valence-electron chi connectivity index (χ2n) is 3.07. The summed E-state index contributed by atoms with van der Waals surface area (Å²) in [7, 11) is 0. The van der Waals surface area contributed by atoms with Crippen LogP contribution >= 0.6 is 15.9 Å². The first-order valence-electron chi connectivity index (χ1n) is 3.74. The van der Waals surface area contributed by atoms with Gasteiger partial charge in [0.15, 0.2) is 0 Å². The van der Waals surface area contributed by atoms with Gasteiger partial charge in [0.25, 0.3) is 0 Å². The molecule has 1 unspecified atom stereocenters. The maximum Gasteiger partial charge on any atom is -0.00129 e. The van der Waals surface area contributed by atoms with Crippen LogP contribution < -0.4 is 0 Å². The molecule has 1 rings (SSSR count). The first kappa shape index (κ1) is 8.06. The smallest absolute Gasteiger partial charge is 0.00129 e. The second-order valence-corrected chi connectivity index (χ2v) is 3.98. The Bertz CT molecular complexity index is 166. The van der Waals surface area contributed by atoms with E-state index in [1.807, 2.05) is 0 Å². The third-order valence-corrected chi connectivity index (χ3v) is 2.79. The Morgan fingerprint density at radius 3 is 2.70 bits per heavy atom. The van der Waals surface area contributed by atoms with E-state index in [2.05, 4.69) is 48.0 Å². The fraction of sp³-hybridized carbons (Fsp3) is 0.556. The maximum atomic E-state index is 3.57. The summed E-state index contributed by atoms with van der Waals surface area (Å²) in [4.78, 5) is 0. The van der Waals surface area contributed by atoms with Crippen molar-refractivity contribution >= 4 is 15.9 Å². The van der Waals surface area contributed by atoms with Crippen LogP contribution in [0.4, 0.5) is 0 Å². The minimum absolute atomic E-state index is 0.713. The highest BCUT2D eigenvalue weighted by Crippen LogP contribution is 2.31. The molecule has 10 heavy (non-hydrogen) atoms. The first-order valence-corrected chi connectivity index (χ1v) is 4.53. The van der Waals surface area contributed by atoms with E-state index in [1.54, 1.807) is 0 Å². The summed E-state index contributed by atoms with van der Waals surface area (Å²) in [6.07, 6.45) is 7.68. The molecule has 1 aliphatic rings. The topological polar surface area (TPSA) is 0 Å². The zero-order valence-corrected chi connectivity index (χ0v) is 8.06. The van der Waals surface area contributed by atoms with Crippen molar-refractivity contribution in [2.24, 2.45) is 11.8 Å². The molecule has 0 aliphatic heterocycles. The number of rotatable bonds is 1. The van der Waals surface area contributed by atoms with Crippen LogP contribution in [-0.2, 0) is 0 Å². The van der Waals surface area contributed by atoms with Gasteiger partial charge in [-0.2, -0.15) is 0 Å². The zero-order chi connectivity index (χ0) is 7.56. The molecule has 56 valence electrons. The van der Waals surface area contributed by atoms with Crippen molar-refractivity contribution in [3.8, 4) is 0 Å². The van der Waals surface area contributed by atoms with Crippen molar-refractivity contribution in [2.45, 2.75) is 20.3 Å². The molecule has 0 spiro atoms. The van der Waals surface area contributed by atoms with Gasteiger partial charge in [-0.3, -0.25) is 0 Å². The lowest BCUT2D eigenvalue weighted by molar-refractivity contribution is 0.462. The standard InChI is InChI=1S/C9H13Br/c1-7(2)8-5-3-4-6-9(8)10/h3-4,6-8H,5H2,1-2H3. The van der Waals surface area contributed by atoms with Crippen molar-refractivity contribution in [1.82, 2.24) is 0 Å². The Hall–Kier alpha value is -0.0400. The molecule has 0 N–H and O–H groups in total. The Labute approximate surface area is 71.1 Å². The van der Waals surface area contributed by atoms with Crippen LogP contribution in [0.3, 0.4) is 0 Å². The van der Waals surface area contributed by atoms with Crippen molar-refractivity contribution < 1.29 is 0 Å². The van der Waals surface area contributed by atoms with Gasteiger partial charge < -0.3 is 0 Å². The van der Waals surface area contributed by atoms with Gasteiger partial charge in [-0.1, -0.05) is 48.0 Å². The minimum atomic E-state index is 0.713. The van der Waals surface area contributed by atoms with Gasteiger partial charge in [0.1, 0.15) is 0 Å². The van der Waals surface area contributed by atoms with Gasteiger partial charge in [-0.15, -0.1) is 0 Å². The number of halogens is 1. The molecule has 0 aromatic heterocycles. The van der Waals surface area contributed by atoms with E-state index in [1.165, 1.54) is 10.9 Å². The minimum Gasteiger partial charge on any atom is -0.0839 e. The van der Waals surface area contributed by atoms with Crippen molar-refractivity contribution in [3.63, 3.8) is 0 Å². The maximum absolute atomic E-state index is 3.57. The lowest BCUT2D eigenvalue weighted by atomic mass is 9.90. The van der Waals surface area contributed by atoms with Crippen molar-refractivity contribution in [1.29, 1.82) is 0 Å². The first-order chi connectivity index (χ1) is 4.72. The van der Waals surface area contributed by atoms with Crippen LogP contribution in [0.2, 0.25) is 0 Å². The van der Waals surface area contributed by atoms with Crippen LogP contribution in [0.1, 0.15) is 20.3 Å². The van der Waals surface area contributed by atoms with E-state index in [0.29, 0.717) is 5.92 Å². The molecule has 0 heterocycles. The lowest BCUT2D eigenvalue weighted by Gasteiger charge is -2.20. The Morgan fingerprint density at radius 2 is 2.30 bits per heavy atom. The summed E-state index contributed by atoms with van der Waals surface area (Å²) in [6, 6.07) is 0. The van der Waals surface area contributed by atoms with Crippen LogP contribution in [0.5, 0.6) is 0 Å². The van der Waals surface area contributed by atoms with Crippen molar-refractivity contribution in [3.05, 3.63) is 22.7 Å².